The van der Waals surface area contributed by atoms with Crippen LogP contribution < -0.4 is 5.32 Å². The molecule has 1 aliphatic heterocycles. The van der Waals surface area contributed by atoms with Crippen molar-refractivity contribution in [1.82, 2.24) is 9.80 Å². The Morgan fingerprint density at radius 3 is 2.48 bits per heavy atom. The lowest BCUT2D eigenvalue weighted by atomic mass is 9.84. The second kappa shape index (κ2) is 8.83. The minimum absolute atomic E-state index is 0.197. The fraction of sp³-hybridized carbons (Fsp3) is 0.682. The number of hydrogen-bond donors (Lipinski definition) is 1. The Bertz CT molecular complexity index is 655. The van der Waals surface area contributed by atoms with Crippen LogP contribution in [0.5, 0.6) is 0 Å². The van der Waals surface area contributed by atoms with E-state index in [0.29, 0.717) is 24.0 Å². The van der Waals surface area contributed by atoms with Crippen LogP contribution in [0.4, 0.5) is 5.69 Å². The molecule has 0 spiro atoms. The predicted octanol–water partition coefficient (Wildman–Crippen LogP) is 4.56. The van der Waals surface area contributed by atoms with Crippen LogP contribution in [0.15, 0.2) is 18.2 Å². The van der Waals surface area contributed by atoms with E-state index in [1.165, 1.54) is 0 Å². The Hall–Kier alpha value is -1.26. The summed E-state index contributed by atoms with van der Waals surface area (Å²) in [5.74, 6) is 0.574. The van der Waals surface area contributed by atoms with E-state index < -0.39 is 0 Å². The van der Waals surface area contributed by atoms with Crippen molar-refractivity contribution in [1.29, 1.82) is 0 Å². The molecule has 1 saturated carbocycles. The number of amides is 1. The second-order valence-corrected chi connectivity index (χ2v) is 9.03. The second-order valence-electron chi connectivity index (χ2n) is 8.62. The van der Waals surface area contributed by atoms with E-state index in [1.54, 1.807) is 0 Å². The van der Waals surface area contributed by atoms with Crippen molar-refractivity contribution in [3.63, 3.8) is 0 Å². The van der Waals surface area contributed by atoms with Gasteiger partial charge in [0, 0.05) is 54.4 Å². The van der Waals surface area contributed by atoms with Gasteiger partial charge < -0.3 is 10.2 Å². The summed E-state index contributed by atoms with van der Waals surface area (Å²) < 4.78 is 0. The topological polar surface area (TPSA) is 35.6 Å². The normalized spacial score (nSPS) is 27.0. The molecule has 1 amide bonds. The number of carbonyl (C=O) groups is 1. The summed E-state index contributed by atoms with van der Waals surface area (Å²) in [6.45, 7) is 11.5. The molecular weight excluding hydrogens is 358 g/mol. The molecule has 1 atom stereocenters. The number of aryl methyl sites for hydroxylation is 1. The summed E-state index contributed by atoms with van der Waals surface area (Å²) in [5.41, 5.74) is 2.18. The van der Waals surface area contributed by atoms with Crippen molar-refractivity contribution < 1.29 is 4.79 Å². The number of nitrogens with one attached hydrogen (secondary N) is 1. The molecule has 27 heavy (non-hydrogen) atoms. The monoisotopic (exact) mass is 391 g/mol. The molecule has 0 radical (unpaired) electrons. The molecule has 1 unspecified atom stereocenters. The van der Waals surface area contributed by atoms with Gasteiger partial charge in [-0.05, 0) is 71.1 Å². The van der Waals surface area contributed by atoms with Crippen LogP contribution in [0.3, 0.4) is 0 Å². The molecule has 1 saturated heterocycles. The zero-order chi connectivity index (χ0) is 19.6. The third kappa shape index (κ3) is 4.97. The highest BCUT2D eigenvalue weighted by molar-refractivity contribution is 6.31. The molecule has 5 heteroatoms. The minimum atomic E-state index is 0.197. The van der Waals surface area contributed by atoms with Gasteiger partial charge in [-0.1, -0.05) is 17.7 Å². The van der Waals surface area contributed by atoms with Gasteiger partial charge in [0.15, 0.2) is 0 Å². The van der Waals surface area contributed by atoms with Gasteiger partial charge in [-0.15, -0.1) is 0 Å². The highest BCUT2D eigenvalue weighted by Gasteiger charge is 2.33. The highest BCUT2D eigenvalue weighted by Crippen LogP contribution is 2.30. The summed E-state index contributed by atoms with van der Waals surface area (Å²) in [6, 6.07) is 7.58. The SMILES string of the molecule is Cc1ccc(N[C@H]2CC[C@@H](C(=O)N3CCN(C(C)C)C(C)C3)CC2)cc1Cl. The number of nitrogens with zero attached hydrogens (tertiary/aromatic N) is 2. The van der Waals surface area contributed by atoms with Gasteiger partial charge in [0.1, 0.15) is 0 Å². The highest BCUT2D eigenvalue weighted by atomic mass is 35.5. The molecule has 1 aliphatic carbocycles. The van der Waals surface area contributed by atoms with E-state index in [2.05, 4.69) is 48.0 Å². The molecular formula is C22H34ClN3O. The first-order valence-electron chi connectivity index (χ1n) is 10.4. The molecule has 1 aromatic rings. The number of carbonyl (C=O) groups excluding carboxylic acids is 1. The maximum Gasteiger partial charge on any atom is 0.225 e. The van der Waals surface area contributed by atoms with Crippen molar-refractivity contribution in [2.24, 2.45) is 5.92 Å². The Balaban J connectivity index is 1.48. The number of benzene rings is 1. The molecule has 2 fully saturated rings. The fourth-order valence-electron chi connectivity index (χ4n) is 4.60. The fourth-order valence-corrected chi connectivity index (χ4v) is 4.78. The third-order valence-corrected chi connectivity index (χ3v) is 6.68. The maximum atomic E-state index is 13.0. The van der Waals surface area contributed by atoms with Crippen LogP contribution in [0.25, 0.3) is 0 Å². The summed E-state index contributed by atoms with van der Waals surface area (Å²) in [5, 5.41) is 4.40. The van der Waals surface area contributed by atoms with Crippen molar-refractivity contribution in [3.05, 3.63) is 28.8 Å². The van der Waals surface area contributed by atoms with Crippen molar-refractivity contribution >= 4 is 23.2 Å². The van der Waals surface area contributed by atoms with Gasteiger partial charge in [-0.25, -0.2) is 0 Å². The van der Waals surface area contributed by atoms with Gasteiger partial charge in [0.05, 0.1) is 0 Å². The van der Waals surface area contributed by atoms with Gasteiger partial charge in [0.2, 0.25) is 5.91 Å². The van der Waals surface area contributed by atoms with Crippen LogP contribution >= 0.6 is 11.6 Å². The zero-order valence-corrected chi connectivity index (χ0v) is 17.9. The molecule has 1 N–H and O–H groups in total. The quantitative estimate of drug-likeness (QED) is 0.817. The van der Waals surface area contributed by atoms with E-state index in [-0.39, 0.29) is 5.92 Å². The molecule has 1 heterocycles. The average molecular weight is 392 g/mol. The van der Waals surface area contributed by atoms with Crippen LogP contribution in [-0.2, 0) is 4.79 Å². The smallest absolute Gasteiger partial charge is 0.225 e. The van der Waals surface area contributed by atoms with Crippen LogP contribution in [0.2, 0.25) is 5.02 Å². The minimum Gasteiger partial charge on any atom is -0.382 e. The molecule has 0 aromatic heterocycles. The third-order valence-electron chi connectivity index (χ3n) is 6.27. The van der Waals surface area contributed by atoms with Crippen molar-refractivity contribution in [2.75, 3.05) is 25.0 Å². The summed E-state index contributed by atoms with van der Waals surface area (Å²) in [7, 11) is 0. The van der Waals surface area contributed by atoms with Crippen molar-refractivity contribution in [3.8, 4) is 0 Å². The number of piperazine rings is 1. The first-order valence-corrected chi connectivity index (χ1v) is 10.8. The molecule has 3 rings (SSSR count). The molecule has 4 nitrogen and oxygen atoms in total. The lowest BCUT2D eigenvalue weighted by Crippen LogP contribution is -2.56. The lowest BCUT2D eigenvalue weighted by Gasteiger charge is -2.43. The molecule has 2 aliphatic rings. The van der Waals surface area contributed by atoms with E-state index >= 15 is 0 Å². The number of anilines is 1. The van der Waals surface area contributed by atoms with E-state index in [0.717, 1.165) is 61.6 Å². The zero-order valence-electron chi connectivity index (χ0n) is 17.2. The Morgan fingerprint density at radius 1 is 1.19 bits per heavy atom. The molecule has 0 bridgehead atoms. The average Bonchev–Trinajstić information content (AvgIpc) is 2.64. The molecule has 150 valence electrons. The predicted molar refractivity (Wildman–Crippen MR) is 113 cm³/mol. The van der Waals surface area contributed by atoms with E-state index in [4.69, 9.17) is 11.6 Å². The standard InChI is InChI=1S/C22H34ClN3O/c1-15(2)26-12-11-25(14-17(26)4)22(27)18-6-9-19(10-7-18)24-20-8-5-16(3)21(23)13-20/h5,8,13,15,17-19,24H,6-7,9-12,14H2,1-4H3/t17?,18-,19+. The number of halogens is 1. The Kier molecular flexibility index (Phi) is 6.69. The van der Waals surface area contributed by atoms with E-state index in [9.17, 15) is 4.79 Å². The van der Waals surface area contributed by atoms with Gasteiger partial charge in [-0.3, -0.25) is 9.69 Å². The van der Waals surface area contributed by atoms with Gasteiger partial charge in [-0.2, -0.15) is 0 Å². The summed E-state index contributed by atoms with van der Waals surface area (Å²) in [6.07, 6.45) is 4.05. The largest absolute Gasteiger partial charge is 0.382 e. The summed E-state index contributed by atoms with van der Waals surface area (Å²) >= 11 is 6.23. The molecule has 1 aromatic carbocycles. The first kappa shape index (κ1) is 20.5. The number of hydrogen-bond acceptors (Lipinski definition) is 3. The lowest BCUT2D eigenvalue weighted by molar-refractivity contribution is -0.139. The Labute approximate surface area is 169 Å². The van der Waals surface area contributed by atoms with Crippen molar-refractivity contribution in [2.45, 2.75) is 71.5 Å². The van der Waals surface area contributed by atoms with Crippen LogP contribution in [-0.4, -0.2) is 53.5 Å². The summed E-state index contributed by atoms with van der Waals surface area (Å²) in [4.78, 5) is 17.6. The maximum absolute atomic E-state index is 13.0. The van der Waals surface area contributed by atoms with Crippen LogP contribution in [0, 0.1) is 12.8 Å². The van der Waals surface area contributed by atoms with Gasteiger partial charge in [0.25, 0.3) is 0 Å². The van der Waals surface area contributed by atoms with E-state index in [1.807, 2.05) is 13.0 Å². The number of rotatable bonds is 4. The Morgan fingerprint density at radius 2 is 1.89 bits per heavy atom. The van der Waals surface area contributed by atoms with Gasteiger partial charge >= 0.3 is 0 Å². The van der Waals surface area contributed by atoms with Crippen LogP contribution in [0.1, 0.15) is 52.0 Å². The first-order chi connectivity index (χ1) is 12.8.